The van der Waals surface area contributed by atoms with Gasteiger partial charge in [-0.1, -0.05) is 45.1 Å². The molecule has 0 radical (unpaired) electrons. The Morgan fingerprint density at radius 3 is 2.17 bits per heavy atom. The maximum Gasteiger partial charge on any atom is 0.400 e. The van der Waals surface area contributed by atoms with Crippen molar-refractivity contribution in [2.45, 2.75) is 51.9 Å². The average Bonchev–Trinajstić information content (AvgIpc) is 2.40. The molecule has 0 aromatic heterocycles. The molecular weight excluding hydrogens is 251 g/mol. The van der Waals surface area contributed by atoms with Crippen LogP contribution in [-0.4, -0.2) is 19.7 Å². The fourth-order valence-electron chi connectivity index (χ4n) is 1.57. The Bertz CT molecular complexity index is 291. The van der Waals surface area contributed by atoms with Crippen LogP contribution in [0.2, 0.25) is 0 Å². The Kier molecular flexibility index (Phi) is 10.2. The fraction of sp³-hybridized carbons (Fsp3) is 0.769. The van der Waals surface area contributed by atoms with E-state index in [1.54, 1.807) is 6.08 Å². The molecule has 0 saturated heterocycles. The van der Waals surface area contributed by atoms with Gasteiger partial charge in [0.2, 0.25) is 0 Å². The highest BCUT2D eigenvalue weighted by atomic mass is 31.2. The number of rotatable bonds is 11. The molecule has 0 bridgehead atoms. The van der Waals surface area contributed by atoms with Gasteiger partial charge in [-0.15, -0.1) is 0 Å². The monoisotopic (exact) mass is 276 g/mol. The molecule has 18 heavy (non-hydrogen) atoms. The summed E-state index contributed by atoms with van der Waals surface area (Å²) in [6.45, 7) is 2.19. The Morgan fingerprint density at radius 1 is 1.06 bits per heavy atom. The maximum atomic E-state index is 11.6. The van der Waals surface area contributed by atoms with Crippen LogP contribution in [0.4, 0.5) is 0 Å². The van der Waals surface area contributed by atoms with Gasteiger partial charge >= 0.3 is 7.60 Å². The third kappa shape index (κ3) is 7.10. The van der Waals surface area contributed by atoms with Gasteiger partial charge in [-0.2, -0.15) is 0 Å². The van der Waals surface area contributed by atoms with Crippen LogP contribution in [0.15, 0.2) is 12.2 Å². The van der Waals surface area contributed by atoms with Gasteiger partial charge in [-0.3, -0.25) is 9.36 Å². The SMILES string of the molecule is CCCCCCCC/C=C/C(=O)P(=O)(OC)OC. The number of hydrogen-bond acceptors (Lipinski definition) is 4. The van der Waals surface area contributed by atoms with E-state index in [1.807, 2.05) is 0 Å². The zero-order chi connectivity index (χ0) is 13.9. The lowest BCUT2D eigenvalue weighted by Gasteiger charge is -2.08. The van der Waals surface area contributed by atoms with Crippen LogP contribution in [0, 0.1) is 0 Å². The number of carbonyl (C=O) groups is 1. The molecule has 106 valence electrons. The highest BCUT2D eigenvalue weighted by Gasteiger charge is 2.29. The van der Waals surface area contributed by atoms with Gasteiger partial charge in [0.1, 0.15) is 0 Å². The molecule has 0 amide bonds. The van der Waals surface area contributed by atoms with Crippen LogP contribution in [0.3, 0.4) is 0 Å². The van der Waals surface area contributed by atoms with Crippen molar-refractivity contribution in [1.82, 2.24) is 0 Å². The summed E-state index contributed by atoms with van der Waals surface area (Å²) < 4.78 is 20.9. The number of carbonyl (C=O) groups excluding carboxylic acids is 1. The molecule has 0 heterocycles. The smallest absolute Gasteiger partial charge is 0.306 e. The van der Waals surface area contributed by atoms with Crippen LogP contribution in [0.5, 0.6) is 0 Å². The van der Waals surface area contributed by atoms with Crippen molar-refractivity contribution in [2.75, 3.05) is 14.2 Å². The van der Waals surface area contributed by atoms with E-state index in [9.17, 15) is 9.36 Å². The second-order valence-corrected chi connectivity index (χ2v) is 6.33. The van der Waals surface area contributed by atoms with Crippen molar-refractivity contribution in [2.24, 2.45) is 0 Å². The van der Waals surface area contributed by atoms with E-state index in [-0.39, 0.29) is 0 Å². The first kappa shape index (κ1) is 17.6. The van der Waals surface area contributed by atoms with E-state index >= 15 is 0 Å². The Hall–Kier alpha value is -0.440. The second-order valence-electron chi connectivity index (χ2n) is 4.16. The van der Waals surface area contributed by atoms with Crippen LogP contribution in [0.1, 0.15) is 51.9 Å². The predicted octanol–water partition coefficient (Wildman–Crippen LogP) is 4.31. The molecule has 5 heteroatoms. The van der Waals surface area contributed by atoms with Gasteiger partial charge in [-0.25, -0.2) is 0 Å². The predicted molar refractivity (Wildman–Crippen MR) is 73.8 cm³/mol. The number of allylic oxidation sites excluding steroid dienone is 2. The molecule has 0 atom stereocenters. The van der Waals surface area contributed by atoms with Crippen molar-refractivity contribution in [3.63, 3.8) is 0 Å². The summed E-state index contributed by atoms with van der Waals surface area (Å²) >= 11 is 0. The zero-order valence-corrected chi connectivity index (χ0v) is 12.6. The number of unbranched alkanes of at least 4 members (excludes halogenated alkanes) is 6. The minimum absolute atomic E-state index is 0.585. The average molecular weight is 276 g/mol. The third-order valence-corrected chi connectivity index (χ3v) is 4.39. The molecule has 0 saturated carbocycles. The minimum Gasteiger partial charge on any atom is -0.306 e. The van der Waals surface area contributed by atoms with Crippen molar-refractivity contribution in [3.8, 4) is 0 Å². The standard InChI is InChI=1S/C13H25O4P/c1-4-5-6-7-8-9-10-11-12-13(14)18(15,16-2)17-3/h11-12H,4-10H2,1-3H3/b12-11+. The zero-order valence-electron chi connectivity index (χ0n) is 11.7. The topological polar surface area (TPSA) is 52.6 Å². The lowest BCUT2D eigenvalue weighted by molar-refractivity contribution is -0.109. The second kappa shape index (κ2) is 10.5. The van der Waals surface area contributed by atoms with Gasteiger partial charge in [0.05, 0.1) is 0 Å². The minimum atomic E-state index is -3.57. The summed E-state index contributed by atoms with van der Waals surface area (Å²) in [6, 6.07) is 0. The van der Waals surface area contributed by atoms with Crippen molar-refractivity contribution in [3.05, 3.63) is 12.2 Å². The first-order valence-electron chi connectivity index (χ1n) is 6.53. The molecule has 0 aliphatic heterocycles. The molecule has 0 aliphatic carbocycles. The van der Waals surface area contributed by atoms with E-state index in [4.69, 9.17) is 0 Å². The van der Waals surface area contributed by atoms with Crippen LogP contribution in [0.25, 0.3) is 0 Å². The fourth-order valence-corrected chi connectivity index (χ4v) is 2.37. The first-order chi connectivity index (χ1) is 8.60. The lowest BCUT2D eigenvalue weighted by Crippen LogP contribution is -1.99. The highest BCUT2D eigenvalue weighted by molar-refractivity contribution is 7.72. The molecule has 0 rings (SSSR count). The Labute approximate surface area is 110 Å². The summed E-state index contributed by atoms with van der Waals surface area (Å²) in [5, 5.41) is 0. The highest BCUT2D eigenvalue weighted by Crippen LogP contribution is 2.47. The normalized spacial score (nSPS) is 12.2. The van der Waals surface area contributed by atoms with Gasteiger partial charge in [0.15, 0.2) is 0 Å². The lowest BCUT2D eigenvalue weighted by atomic mass is 10.1. The molecule has 0 aliphatic rings. The largest absolute Gasteiger partial charge is 0.400 e. The molecular formula is C13H25O4P. The number of hydrogen-bond donors (Lipinski definition) is 0. The summed E-state index contributed by atoms with van der Waals surface area (Å²) in [7, 11) is -1.14. The maximum absolute atomic E-state index is 11.6. The molecule has 0 aromatic rings. The van der Waals surface area contributed by atoms with E-state index in [1.165, 1.54) is 52.4 Å². The van der Waals surface area contributed by atoms with Crippen LogP contribution >= 0.6 is 7.60 Å². The van der Waals surface area contributed by atoms with Gasteiger partial charge < -0.3 is 9.05 Å². The summed E-state index contributed by atoms with van der Waals surface area (Å²) in [5.74, 6) is 0. The molecule has 4 nitrogen and oxygen atoms in total. The van der Waals surface area contributed by atoms with Gasteiger partial charge in [0.25, 0.3) is 5.52 Å². The Morgan fingerprint density at radius 2 is 1.61 bits per heavy atom. The summed E-state index contributed by atoms with van der Waals surface area (Å²) in [5.41, 5.74) is -0.585. The molecule has 0 unspecified atom stereocenters. The third-order valence-electron chi connectivity index (χ3n) is 2.74. The molecule has 0 N–H and O–H groups in total. The van der Waals surface area contributed by atoms with E-state index in [2.05, 4.69) is 16.0 Å². The van der Waals surface area contributed by atoms with Crippen molar-refractivity contribution < 1.29 is 18.4 Å². The van der Waals surface area contributed by atoms with Crippen LogP contribution < -0.4 is 0 Å². The van der Waals surface area contributed by atoms with Gasteiger partial charge in [-0.05, 0) is 18.9 Å². The summed E-state index contributed by atoms with van der Waals surface area (Å²) in [6.07, 6.45) is 11.2. The van der Waals surface area contributed by atoms with Crippen molar-refractivity contribution >= 4 is 13.1 Å². The molecule has 0 aromatic carbocycles. The summed E-state index contributed by atoms with van der Waals surface area (Å²) in [4.78, 5) is 11.5. The van der Waals surface area contributed by atoms with Crippen LogP contribution in [-0.2, 0) is 18.4 Å². The van der Waals surface area contributed by atoms with Gasteiger partial charge in [0, 0.05) is 14.2 Å². The molecule has 0 spiro atoms. The quantitative estimate of drug-likeness (QED) is 0.320. The molecule has 0 fully saturated rings. The van der Waals surface area contributed by atoms with Crippen molar-refractivity contribution in [1.29, 1.82) is 0 Å². The Balaban J connectivity index is 3.76. The van der Waals surface area contributed by atoms with E-state index in [0.717, 1.165) is 12.8 Å². The first-order valence-corrected chi connectivity index (χ1v) is 8.07. The van der Waals surface area contributed by atoms with E-state index in [0.29, 0.717) is 0 Å². The van der Waals surface area contributed by atoms with E-state index < -0.39 is 13.1 Å².